The van der Waals surface area contributed by atoms with Gasteiger partial charge in [0.05, 0.1) is 13.1 Å². The first-order valence-corrected chi connectivity index (χ1v) is 6.53. The average molecular weight is 296 g/mol. The van der Waals surface area contributed by atoms with Gasteiger partial charge in [-0.05, 0) is 42.0 Å². The number of benzene rings is 2. The first kappa shape index (κ1) is 15.3. The highest BCUT2D eigenvalue weighted by molar-refractivity contribution is 6.04. The Bertz CT molecular complexity index is 705. The average Bonchev–Trinajstić information content (AvgIpc) is 2.55. The van der Waals surface area contributed by atoms with E-state index in [2.05, 4.69) is 5.32 Å². The van der Waals surface area contributed by atoms with Gasteiger partial charge in [0.2, 0.25) is 0 Å². The Kier molecular flexibility index (Phi) is 4.93. The summed E-state index contributed by atoms with van der Waals surface area (Å²) in [4.78, 5) is 22.7. The standard InChI is InChI=1S/C17H15NO4/c1-22-15-7-5-12(6-8-15)16(19)9-10-18-14-4-2-3-13(11-14)17(20)21/h2-11,18H,1H3,(H,20,21)/p-1/b10-9+. The minimum Gasteiger partial charge on any atom is -0.545 e. The molecule has 0 aliphatic heterocycles. The van der Waals surface area contributed by atoms with E-state index in [0.29, 0.717) is 17.0 Å². The second kappa shape index (κ2) is 7.08. The molecular formula is C17H14NO4-. The number of hydrogen-bond acceptors (Lipinski definition) is 5. The van der Waals surface area contributed by atoms with E-state index in [-0.39, 0.29) is 11.3 Å². The lowest BCUT2D eigenvalue weighted by molar-refractivity contribution is -0.255. The zero-order chi connectivity index (χ0) is 15.9. The van der Waals surface area contributed by atoms with Crippen molar-refractivity contribution in [2.45, 2.75) is 0 Å². The summed E-state index contributed by atoms with van der Waals surface area (Å²) in [6.07, 6.45) is 2.83. The number of carbonyl (C=O) groups is 2. The second-order valence-corrected chi connectivity index (χ2v) is 4.44. The van der Waals surface area contributed by atoms with Crippen LogP contribution in [0.3, 0.4) is 0 Å². The van der Waals surface area contributed by atoms with Crippen molar-refractivity contribution < 1.29 is 19.4 Å². The number of allylic oxidation sites excluding steroid dienone is 1. The minimum absolute atomic E-state index is 0.0693. The van der Waals surface area contributed by atoms with Crippen LogP contribution in [0, 0.1) is 0 Å². The van der Waals surface area contributed by atoms with Gasteiger partial charge in [-0.25, -0.2) is 0 Å². The molecule has 0 spiro atoms. The zero-order valence-electron chi connectivity index (χ0n) is 11.9. The number of aromatic carboxylic acids is 1. The summed E-state index contributed by atoms with van der Waals surface area (Å²) >= 11 is 0. The molecule has 2 rings (SSSR count). The Labute approximate surface area is 127 Å². The van der Waals surface area contributed by atoms with Gasteiger partial charge in [-0.1, -0.05) is 12.1 Å². The van der Waals surface area contributed by atoms with E-state index in [4.69, 9.17) is 4.74 Å². The fourth-order valence-electron chi connectivity index (χ4n) is 1.80. The van der Waals surface area contributed by atoms with E-state index >= 15 is 0 Å². The third-order valence-corrected chi connectivity index (χ3v) is 2.96. The lowest BCUT2D eigenvalue weighted by atomic mass is 10.1. The lowest BCUT2D eigenvalue weighted by Crippen LogP contribution is -2.22. The molecule has 0 heterocycles. The van der Waals surface area contributed by atoms with Crippen molar-refractivity contribution >= 4 is 17.4 Å². The van der Waals surface area contributed by atoms with Gasteiger partial charge >= 0.3 is 0 Å². The highest BCUT2D eigenvalue weighted by atomic mass is 16.5. The molecule has 2 aromatic rings. The highest BCUT2D eigenvalue weighted by Crippen LogP contribution is 2.13. The van der Waals surface area contributed by atoms with Gasteiger partial charge in [-0.3, -0.25) is 4.79 Å². The van der Waals surface area contributed by atoms with E-state index in [0.717, 1.165) is 0 Å². The number of carbonyl (C=O) groups excluding carboxylic acids is 2. The Balaban J connectivity index is 2.00. The highest BCUT2D eigenvalue weighted by Gasteiger charge is 2.01. The van der Waals surface area contributed by atoms with Crippen molar-refractivity contribution in [2.75, 3.05) is 12.4 Å². The number of methoxy groups -OCH3 is 1. The molecule has 5 nitrogen and oxygen atoms in total. The third-order valence-electron chi connectivity index (χ3n) is 2.96. The van der Waals surface area contributed by atoms with Crippen LogP contribution in [0.5, 0.6) is 5.75 Å². The van der Waals surface area contributed by atoms with Gasteiger partial charge < -0.3 is 20.0 Å². The predicted octanol–water partition coefficient (Wildman–Crippen LogP) is 1.87. The molecule has 0 unspecified atom stereocenters. The maximum atomic E-state index is 11.9. The number of ether oxygens (including phenoxy) is 1. The van der Waals surface area contributed by atoms with Crippen molar-refractivity contribution in [3.8, 4) is 5.75 Å². The molecule has 112 valence electrons. The molecule has 5 heteroatoms. The largest absolute Gasteiger partial charge is 0.545 e. The number of carboxylic acids is 1. The van der Waals surface area contributed by atoms with Crippen molar-refractivity contribution in [1.82, 2.24) is 0 Å². The number of ketones is 1. The van der Waals surface area contributed by atoms with Gasteiger partial charge in [0, 0.05) is 23.5 Å². The van der Waals surface area contributed by atoms with Crippen molar-refractivity contribution in [3.05, 3.63) is 71.9 Å². The van der Waals surface area contributed by atoms with E-state index in [9.17, 15) is 14.7 Å². The Hall–Kier alpha value is -3.08. The SMILES string of the molecule is COc1ccc(C(=O)/C=C/Nc2cccc(C(=O)[O-])c2)cc1. The van der Waals surface area contributed by atoms with Crippen LogP contribution in [0.4, 0.5) is 5.69 Å². The molecule has 0 aromatic heterocycles. The van der Waals surface area contributed by atoms with Crippen LogP contribution in [0.2, 0.25) is 0 Å². The molecule has 0 aliphatic carbocycles. The molecule has 0 saturated carbocycles. The van der Waals surface area contributed by atoms with Gasteiger partial charge in [0.15, 0.2) is 5.78 Å². The van der Waals surface area contributed by atoms with Crippen LogP contribution < -0.4 is 15.2 Å². The number of rotatable bonds is 6. The molecule has 0 fully saturated rings. The van der Waals surface area contributed by atoms with Crippen LogP contribution in [0.15, 0.2) is 60.8 Å². The van der Waals surface area contributed by atoms with E-state index in [1.165, 1.54) is 24.4 Å². The molecular weight excluding hydrogens is 282 g/mol. The molecule has 1 N–H and O–H groups in total. The predicted molar refractivity (Wildman–Crippen MR) is 80.9 cm³/mol. The van der Waals surface area contributed by atoms with Crippen LogP contribution >= 0.6 is 0 Å². The van der Waals surface area contributed by atoms with Gasteiger partial charge in [-0.2, -0.15) is 0 Å². The van der Waals surface area contributed by atoms with Crippen LogP contribution in [0.1, 0.15) is 20.7 Å². The normalized spacial score (nSPS) is 10.4. The maximum absolute atomic E-state index is 11.9. The first-order valence-electron chi connectivity index (χ1n) is 6.53. The Morgan fingerprint density at radius 1 is 1.09 bits per heavy atom. The van der Waals surface area contributed by atoms with E-state index in [1.54, 1.807) is 43.5 Å². The Morgan fingerprint density at radius 3 is 2.45 bits per heavy atom. The minimum atomic E-state index is -1.25. The molecule has 0 bridgehead atoms. The van der Waals surface area contributed by atoms with Crippen molar-refractivity contribution in [1.29, 1.82) is 0 Å². The number of carboxylic acid groups (broad SMARTS) is 1. The summed E-state index contributed by atoms with van der Waals surface area (Å²) in [6, 6.07) is 12.9. The zero-order valence-corrected chi connectivity index (χ0v) is 11.9. The topological polar surface area (TPSA) is 78.5 Å². The molecule has 22 heavy (non-hydrogen) atoms. The quantitative estimate of drug-likeness (QED) is 0.650. The fraction of sp³-hybridized carbons (Fsp3) is 0.0588. The van der Waals surface area contributed by atoms with Gasteiger partial charge in [0.1, 0.15) is 5.75 Å². The summed E-state index contributed by atoms with van der Waals surface area (Å²) in [5.74, 6) is -0.745. The molecule has 0 saturated heterocycles. The molecule has 0 amide bonds. The first-order chi connectivity index (χ1) is 10.6. The van der Waals surface area contributed by atoms with Gasteiger partial charge in [-0.15, -0.1) is 0 Å². The smallest absolute Gasteiger partial charge is 0.187 e. The van der Waals surface area contributed by atoms with Crippen LogP contribution in [0.25, 0.3) is 0 Å². The lowest BCUT2D eigenvalue weighted by Gasteiger charge is -2.05. The van der Waals surface area contributed by atoms with E-state index < -0.39 is 5.97 Å². The summed E-state index contributed by atoms with van der Waals surface area (Å²) in [5.41, 5.74) is 1.16. The summed E-state index contributed by atoms with van der Waals surface area (Å²) in [7, 11) is 1.56. The maximum Gasteiger partial charge on any atom is 0.187 e. The monoisotopic (exact) mass is 296 g/mol. The molecule has 0 atom stereocenters. The van der Waals surface area contributed by atoms with E-state index in [1.807, 2.05) is 0 Å². The summed E-state index contributed by atoms with van der Waals surface area (Å²) < 4.78 is 5.02. The van der Waals surface area contributed by atoms with Gasteiger partial charge in [0.25, 0.3) is 0 Å². The molecule has 2 aromatic carbocycles. The second-order valence-electron chi connectivity index (χ2n) is 4.44. The summed E-state index contributed by atoms with van der Waals surface area (Å²) in [6.45, 7) is 0. The van der Waals surface area contributed by atoms with Crippen molar-refractivity contribution in [3.63, 3.8) is 0 Å². The molecule has 0 radical (unpaired) electrons. The van der Waals surface area contributed by atoms with Crippen LogP contribution in [-0.2, 0) is 0 Å². The Morgan fingerprint density at radius 2 is 1.82 bits per heavy atom. The van der Waals surface area contributed by atoms with Crippen LogP contribution in [-0.4, -0.2) is 18.9 Å². The number of anilines is 1. The third kappa shape index (κ3) is 3.96. The number of hydrogen-bond donors (Lipinski definition) is 1. The fourth-order valence-corrected chi connectivity index (χ4v) is 1.80. The summed E-state index contributed by atoms with van der Waals surface area (Å²) in [5, 5.41) is 13.6. The molecule has 0 aliphatic rings. The number of nitrogens with one attached hydrogen (secondary N) is 1. The van der Waals surface area contributed by atoms with Crippen molar-refractivity contribution in [2.24, 2.45) is 0 Å².